The van der Waals surface area contributed by atoms with Gasteiger partial charge in [-0.3, -0.25) is 9.48 Å². The van der Waals surface area contributed by atoms with Crippen molar-refractivity contribution in [2.75, 3.05) is 0 Å². The van der Waals surface area contributed by atoms with Crippen LogP contribution in [0.2, 0.25) is 0 Å². The number of aryl methyl sites for hydroxylation is 2. The number of carbonyl (C=O) groups is 1. The monoisotopic (exact) mass is 501 g/mol. The molecule has 1 N–H and O–H groups in total. The quantitative estimate of drug-likeness (QED) is 0.369. The number of hydrogen-bond donors (Lipinski definition) is 1. The fraction of sp³-hybridized carbons (Fsp3) is 0.407. The molecule has 1 aliphatic carbocycles. The number of nitrogens with zero attached hydrogens (tertiary/aromatic N) is 7. The number of benzene rings is 1. The second-order valence-corrected chi connectivity index (χ2v) is 9.50. The molecule has 1 aromatic carbocycles. The molecule has 37 heavy (non-hydrogen) atoms. The first-order valence-corrected chi connectivity index (χ1v) is 12.7. The smallest absolute Gasteiger partial charge is 0.306 e. The van der Waals surface area contributed by atoms with Crippen LogP contribution in [-0.2, 0) is 31.2 Å². The van der Waals surface area contributed by atoms with Crippen molar-refractivity contribution in [3.63, 3.8) is 0 Å². The molecule has 4 aromatic rings. The summed E-state index contributed by atoms with van der Waals surface area (Å²) in [5.41, 5.74) is 4.62. The zero-order chi connectivity index (χ0) is 25.8. The van der Waals surface area contributed by atoms with Crippen LogP contribution < -0.4 is 4.74 Å². The molecule has 0 amide bonds. The average molecular weight is 502 g/mol. The predicted molar refractivity (Wildman–Crippen MR) is 136 cm³/mol. The van der Waals surface area contributed by atoms with Crippen LogP contribution in [0.1, 0.15) is 55.3 Å². The lowest BCUT2D eigenvalue weighted by molar-refractivity contribution is -0.143. The van der Waals surface area contributed by atoms with E-state index in [0.29, 0.717) is 37.4 Å². The van der Waals surface area contributed by atoms with Crippen molar-refractivity contribution >= 4 is 5.97 Å². The highest BCUT2D eigenvalue weighted by atomic mass is 16.5. The van der Waals surface area contributed by atoms with E-state index >= 15 is 0 Å². The highest BCUT2D eigenvalue weighted by molar-refractivity contribution is 5.70. The minimum Gasteiger partial charge on any atom is -0.487 e. The molecule has 2 atom stereocenters. The predicted octanol–water partition coefficient (Wildman–Crippen LogP) is 3.69. The Morgan fingerprint density at radius 3 is 2.81 bits per heavy atom. The lowest BCUT2D eigenvalue weighted by Crippen LogP contribution is -2.29. The van der Waals surface area contributed by atoms with Crippen LogP contribution in [0.15, 0.2) is 48.9 Å². The van der Waals surface area contributed by atoms with Gasteiger partial charge in [0.05, 0.1) is 53.6 Å². The molecular weight excluding hydrogens is 470 g/mol. The van der Waals surface area contributed by atoms with Crippen molar-refractivity contribution in [1.29, 1.82) is 0 Å². The van der Waals surface area contributed by atoms with Gasteiger partial charge in [-0.25, -0.2) is 14.6 Å². The van der Waals surface area contributed by atoms with Crippen molar-refractivity contribution in [3.05, 3.63) is 71.6 Å². The van der Waals surface area contributed by atoms with E-state index in [1.807, 2.05) is 38.4 Å². The van der Waals surface area contributed by atoms with E-state index in [2.05, 4.69) is 32.5 Å². The highest BCUT2D eigenvalue weighted by Gasteiger charge is 2.29. The molecule has 3 heterocycles. The lowest BCUT2D eigenvalue weighted by Gasteiger charge is -2.27. The Balaban J connectivity index is 1.33. The molecule has 3 aromatic heterocycles. The maximum Gasteiger partial charge on any atom is 0.306 e. The summed E-state index contributed by atoms with van der Waals surface area (Å²) in [6, 6.07) is 10.2. The maximum atomic E-state index is 11.4. The number of aromatic nitrogens is 7. The summed E-state index contributed by atoms with van der Waals surface area (Å²) < 4.78 is 9.81. The first-order valence-electron chi connectivity index (χ1n) is 12.7. The number of aliphatic carboxylic acids is 1. The van der Waals surface area contributed by atoms with Crippen LogP contribution in [0.5, 0.6) is 5.75 Å². The summed E-state index contributed by atoms with van der Waals surface area (Å²) in [6.45, 7) is 2.50. The summed E-state index contributed by atoms with van der Waals surface area (Å²) in [4.78, 5) is 20.8. The molecule has 1 saturated carbocycles. The summed E-state index contributed by atoms with van der Waals surface area (Å²) in [7, 11) is 1.89. The normalized spacial score (nSPS) is 17.6. The van der Waals surface area contributed by atoms with Gasteiger partial charge in [0, 0.05) is 19.7 Å². The van der Waals surface area contributed by atoms with Gasteiger partial charge in [-0.05, 0) is 37.7 Å². The minimum absolute atomic E-state index is 0.138. The molecule has 0 saturated heterocycles. The number of hydrogen-bond acceptors (Lipinski definition) is 7. The zero-order valence-electron chi connectivity index (χ0n) is 21.1. The molecule has 0 radical (unpaired) electrons. The van der Waals surface area contributed by atoms with E-state index in [1.54, 1.807) is 21.8 Å². The van der Waals surface area contributed by atoms with E-state index in [4.69, 9.17) is 9.72 Å². The Hall–Kier alpha value is -4.08. The Kier molecular flexibility index (Phi) is 7.25. The zero-order valence-corrected chi connectivity index (χ0v) is 21.1. The number of carboxylic acid groups (broad SMARTS) is 1. The maximum absolute atomic E-state index is 11.4. The molecule has 0 bridgehead atoms. The topological polar surface area (TPSA) is 121 Å². The van der Waals surface area contributed by atoms with Gasteiger partial charge in [0.25, 0.3) is 0 Å². The molecule has 10 heteroatoms. The van der Waals surface area contributed by atoms with Crippen LogP contribution in [0.4, 0.5) is 0 Å². The largest absolute Gasteiger partial charge is 0.487 e. The third kappa shape index (κ3) is 5.68. The third-order valence-electron chi connectivity index (χ3n) is 6.86. The standard InChI is InChI=1S/C27H31N7O3/c1-3-23-25(37-21-11-7-10-19(13-21)27(35)36)15-28-26(30-23)22-14-29-33(2)24(22)17-34-16-20(31-32-34)12-18-8-5-4-6-9-18/h4-6,8-9,14-16,19,21H,3,7,10-13,17H2,1-2H3,(H,35,36)/t19-,21-/m0/s1. The second-order valence-electron chi connectivity index (χ2n) is 9.50. The second kappa shape index (κ2) is 10.9. The van der Waals surface area contributed by atoms with Gasteiger partial charge in [0.15, 0.2) is 11.6 Å². The summed E-state index contributed by atoms with van der Waals surface area (Å²) in [5, 5.41) is 22.5. The number of ether oxygens (including phenoxy) is 1. The fourth-order valence-electron chi connectivity index (χ4n) is 4.84. The number of rotatable bonds is 9. The minimum atomic E-state index is -0.751. The highest BCUT2D eigenvalue weighted by Crippen LogP contribution is 2.30. The van der Waals surface area contributed by atoms with E-state index in [-0.39, 0.29) is 12.0 Å². The van der Waals surface area contributed by atoms with Crippen LogP contribution >= 0.6 is 0 Å². The molecule has 0 unspecified atom stereocenters. The molecule has 5 rings (SSSR count). The van der Waals surface area contributed by atoms with Gasteiger partial charge < -0.3 is 9.84 Å². The van der Waals surface area contributed by atoms with Gasteiger partial charge >= 0.3 is 5.97 Å². The first-order chi connectivity index (χ1) is 18.0. The summed E-state index contributed by atoms with van der Waals surface area (Å²) in [6.07, 6.45) is 9.57. The van der Waals surface area contributed by atoms with E-state index < -0.39 is 5.97 Å². The van der Waals surface area contributed by atoms with Crippen molar-refractivity contribution < 1.29 is 14.6 Å². The van der Waals surface area contributed by atoms with Gasteiger partial charge in [-0.2, -0.15) is 5.10 Å². The molecular formula is C27H31N7O3. The van der Waals surface area contributed by atoms with Gasteiger partial charge in [-0.15, -0.1) is 5.10 Å². The Labute approximate surface area is 215 Å². The molecule has 0 aliphatic heterocycles. The fourth-order valence-corrected chi connectivity index (χ4v) is 4.84. The van der Waals surface area contributed by atoms with E-state index in [9.17, 15) is 9.90 Å². The molecule has 1 aliphatic rings. The van der Waals surface area contributed by atoms with Gasteiger partial charge in [0.2, 0.25) is 0 Å². The van der Waals surface area contributed by atoms with Crippen molar-refractivity contribution in [2.45, 2.75) is 58.1 Å². The van der Waals surface area contributed by atoms with E-state index in [0.717, 1.165) is 41.9 Å². The molecule has 10 nitrogen and oxygen atoms in total. The Morgan fingerprint density at radius 2 is 2.03 bits per heavy atom. The Morgan fingerprint density at radius 1 is 1.19 bits per heavy atom. The summed E-state index contributed by atoms with van der Waals surface area (Å²) >= 11 is 0. The summed E-state index contributed by atoms with van der Waals surface area (Å²) in [5.74, 6) is 0.0878. The Bertz CT molecular complexity index is 1370. The van der Waals surface area contributed by atoms with Crippen molar-refractivity contribution in [3.8, 4) is 17.1 Å². The lowest BCUT2D eigenvalue weighted by atomic mass is 9.87. The molecule has 192 valence electrons. The third-order valence-corrected chi connectivity index (χ3v) is 6.86. The van der Waals surface area contributed by atoms with Crippen LogP contribution in [0, 0.1) is 5.92 Å². The number of carboxylic acids is 1. The van der Waals surface area contributed by atoms with Crippen molar-refractivity contribution in [2.24, 2.45) is 13.0 Å². The average Bonchev–Trinajstić information content (AvgIpc) is 3.51. The van der Waals surface area contributed by atoms with Gasteiger partial charge in [-0.1, -0.05) is 42.5 Å². The van der Waals surface area contributed by atoms with Crippen LogP contribution in [0.3, 0.4) is 0 Å². The van der Waals surface area contributed by atoms with Crippen molar-refractivity contribution in [1.82, 2.24) is 34.7 Å². The molecule has 0 spiro atoms. The van der Waals surface area contributed by atoms with Crippen LogP contribution in [-0.4, -0.2) is 51.9 Å². The van der Waals surface area contributed by atoms with Crippen LogP contribution in [0.25, 0.3) is 11.4 Å². The molecule has 1 fully saturated rings. The SMILES string of the molecule is CCc1nc(-c2cnn(C)c2Cn2cc(Cc3ccccc3)nn2)ncc1O[C@H]1CCC[C@H](C(=O)O)C1. The van der Waals surface area contributed by atoms with E-state index in [1.165, 1.54) is 5.56 Å². The first kappa shape index (κ1) is 24.6. The van der Waals surface area contributed by atoms with Gasteiger partial charge in [0.1, 0.15) is 0 Å².